The van der Waals surface area contributed by atoms with Crippen LogP contribution in [0.5, 0.6) is 0 Å². The van der Waals surface area contributed by atoms with Crippen LogP contribution < -0.4 is 0 Å². The molecular formula is C11H18. The fraction of sp³-hybridized carbons (Fsp3) is 0.818. The van der Waals surface area contributed by atoms with Gasteiger partial charge in [0.25, 0.3) is 0 Å². The fourth-order valence-corrected chi connectivity index (χ4v) is 1.88. The highest BCUT2D eigenvalue weighted by Crippen LogP contribution is 2.32. The van der Waals surface area contributed by atoms with Crippen molar-refractivity contribution >= 4 is 0 Å². The summed E-state index contributed by atoms with van der Waals surface area (Å²) in [7, 11) is 0. The molecule has 0 nitrogen and oxygen atoms in total. The lowest BCUT2D eigenvalue weighted by Crippen LogP contribution is -2.19. The van der Waals surface area contributed by atoms with Gasteiger partial charge in [-0.1, -0.05) is 13.8 Å². The predicted octanol–water partition coefficient (Wildman–Crippen LogP) is 3.08. The van der Waals surface area contributed by atoms with Gasteiger partial charge in [-0.25, -0.2) is 0 Å². The summed E-state index contributed by atoms with van der Waals surface area (Å²) in [6.07, 6.45) is 4.02. The lowest BCUT2D eigenvalue weighted by molar-refractivity contribution is 0.242. The van der Waals surface area contributed by atoms with Gasteiger partial charge in [0, 0.05) is 5.92 Å². The average molecular weight is 150 g/mol. The molecule has 1 aliphatic rings. The highest BCUT2D eigenvalue weighted by molar-refractivity contribution is 5.02. The summed E-state index contributed by atoms with van der Waals surface area (Å²) in [5.41, 5.74) is 0. The molecule has 3 atom stereocenters. The molecule has 1 rings (SSSR count). The molecule has 0 saturated heterocycles. The van der Waals surface area contributed by atoms with Gasteiger partial charge in [-0.05, 0) is 38.0 Å². The molecule has 0 aromatic heterocycles. The van der Waals surface area contributed by atoms with Gasteiger partial charge in [0.2, 0.25) is 0 Å². The molecule has 0 heteroatoms. The fourth-order valence-electron chi connectivity index (χ4n) is 1.88. The topological polar surface area (TPSA) is 0 Å². The maximum absolute atomic E-state index is 3.29. The minimum absolute atomic E-state index is 0.700. The summed E-state index contributed by atoms with van der Waals surface area (Å²) >= 11 is 0. The Morgan fingerprint density at radius 1 is 1.09 bits per heavy atom. The zero-order chi connectivity index (χ0) is 8.27. The van der Waals surface area contributed by atoms with Crippen molar-refractivity contribution in [2.75, 3.05) is 0 Å². The molecule has 1 fully saturated rings. The van der Waals surface area contributed by atoms with E-state index >= 15 is 0 Å². The van der Waals surface area contributed by atoms with Gasteiger partial charge in [-0.2, -0.15) is 0 Å². The van der Waals surface area contributed by atoms with E-state index in [1.165, 1.54) is 19.3 Å². The van der Waals surface area contributed by atoms with Crippen molar-refractivity contribution in [2.45, 2.75) is 40.0 Å². The van der Waals surface area contributed by atoms with E-state index < -0.39 is 0 Å². The molecule has 0 aliphatic heterocycles. The third-order valence-corrected chi connectivity index (χ3v) is 2.95. The van der Waals surface area contributed by atoms with Crippen molar-refractivity contribution in [1.82, 2.24) is 0 Å². The summed E-state index contributed by atoms with van der Waals surface area (Å²) in [5.74, 6) is 8.81. The maximum atomic E-state index is 3.29. The van der Waals surface area contributed by atoms with Gasteiger partial charge < -0.3 is 0 Å². The van der Waals surface area contributed by atoms with Crippen LogP contribution >= 0.6 is 0 Å². The standard InChI is InChI=1S/C11H18/c1-4-5-11-7-6-9(2)10(3)8-11/h9-11H,6-8H2,1-3H3. The van der Waals surface area contributed by atoms with Crippen LogP contribution in [-0.4, -0.2) is 0 Å². The zero-order valence-corrected chi connectivity index (χ0v) is 7.85. The van der Waals surface area contributed by atoms with Crippen LogP contribution in [-0.2, 0) is 0 Å². The summed E-state index contributed by atoms with van der Waals surface area (Å²) in [4.78, 5) is 0. The summed E-state index contributed by atoms with van der Waals surface area (Å²) in [6.45, 7) is 6.66. The normalized spacial score (nSPS) is 37.5. The minimum atomic E-state index is 0.700. The van der Waals surface area contributed by atoms with Crippen molar-refractivity contribution < 1.29 is 0 Å². The SMILES string of the molecule is CC#CC1CCC(C)C(C)C1. The molecule has 11 heavy (non-hydrogen) atoms. The Morgan fingerprint density at radius 3 is 2.36 bits per heavy atom. The van der Waals surface area contributed by atoms with Crippen LogP contribution in [0.4, 0.5) is 0 Å². The van der Waals surface area contributed by atoms with Crippen molar-refractivity contribution in [1.29, 1.82) is 0 Å². The number of hydrogen-bond acceptors (Lipinski definition) is 0. The molecule has 0 amide bonds. The van der Waals surface area contributed by atoms with Crippen LogP contribution in [0.1, 0.15) is 40.0 Å². The van der Waals surface area contributed by atoms with E-state index in [1.54, 1.807) is 0 Å². The second-order valence-corrected chi connectivity index (χ2v) is 3.86. The average Bonchev–Trinajstić information content (AvgIpc) is 1.98. The third kappa shape index (κ3) is 2.26. The second-order valence-electron chi connectivity index (χ2n) is 3.86. The molecule has 0 aromatic carbocycles. The molecule has 1 aliphatic carbocycles. The first-order valence-electron chi connectivity index (χ1n) is 4.66. The zero-order valence-electron chi connectivity index (χ0n) is 7.85. The monoisotopic (exact) mass is 150 g/mol. The molecule has 62 valence electrons. The third-order valence-electron chi connectivity index (χ3n) is 2.95. The molecule has 3 unspecified atom stereocenters. The van der Waals surface area contributed by atoms with E-state index in [1.807, 2.05) is 6.92 Å². The summed E-state index contributed by atoms with van der Waals surface area (Å²) < 4.78 is 0. The Bertz CT molecular complexity index is 170. The first-order valence-corrected chi connectivity index (χ1v) is 4.66. The van der Waals surface area contributed by atoms with Crippen LogP contribution in [0.15, 0.2) is 0 Å². The lowest BCUT2D eigenvalue weighted by atomic mass is 9.76. The smallest absolute Gasteiger partial charge is 0.0205 e. The van der Waals surface area contributed by atoms with Crippen molar-refractivity contribution in [3.8, 4) is 11.8 Å². The van der Waals surface area contributed by atoms with E-state index in [9.17, 15) is 0 Å². The highest BCUT2D eigenvalue weighted by Gasteiger charge is 2.22. The predicted molar refractivity (Wildman–Crippen MR) is 49.1 cm³/mol. The number of rotatable bonds is 0. The molecule has 0 bridgehead atoms. The van der Waals surface area contributed by atoms with Gasteiger partial charge in [0.05, 0.1) is 0 Å². The molecule has 0 heterocycles. The van der Waals surface area contributed by atoms with Crippen molar-refractivity contribution in [3.05, 3.63) is 0 Å². The van der Waals surface area contributed by atoms with Gasteiger partial charge in [-0.15, -0.1) is 11.8 Å². The Hall–Kier alpha value is -0.440. The van der Waals surface area contributed by atoms with E-state index in [-0.39, 0.29) is 0 Å². The van der Waals surface area contributed by atoms with Gasteiger partial charge in [0.1, 0.15) is 0 Å². The van der Waals surface area contributed by atoms with Gasteiger partial charge in [-0.3, -0.25) is 0 Å². The van der Waals surface area contributed by atoms with Crippen LogP contribution in [0.2, 0.25) is 0 Å². The van der Waals surface area contributed by atoms with Crippen LogP contribution in [0.3, 0.4) is 0 Å². The lowest BCUT2D eigenvalue weighted by Gasteiger charge is -2.29. The Balaban J connectivity index is 2.44. The first kappa shape index (κ1) is 8.65. The van der Waals surface area contributed by atoms with Gasteiger partial charge in [0.15, 0.2) is 0 Å². The first-order chi connectivity index (χ1) is 5.24. The molecular weight excluding hydrogens is 132 g/mol. The van der Waals surface area contributed by atoms with E-state index in [0.29, 0.717) is 5.92 Å². The van der Waals surface area contributed by atoms with Crippen LogP contribution in [0.25, 0.3) is 0 Å². The van der Waals surface area contributed by atoms with Crippen molar-refractivity contribution in [3.63, 3.8) is 0 Å². The quantitative estimate of drug-likeness (QED) is 0.465. The number of hydrogen-bond donors (Lipinski definition) is 0. The molecule has 0 aromatic rings. The largest absolute Gasteiger partial charge is 0.106 e. The van der Waals surface area contributed by atoms with E-state index in [4.69, 9.17) is 0 Å². The molecule has 0 radical (unpaired) electrons. The van der Waals surface area contributed by atoms with E-state index in [2.05, 4.69) is 25.7 Å². The highest BCUT2D eigenvalue weighted by atomic mass is 14.3. The molecule has 1 saturated carbocycles. The second kappa shape index (κ2) is 3.81. The van der Waals surface area contributed by atoms with Crippen LogP contribution in [0, 0.1) is 29.6 Å². The van der Waals surface area contributed by atoms with Crippen molar-refractivity contribution in [2.24, 2.45) is 17.8 Å². The summed E-state index contributed by atoms with van der Waals surface area (Å²) in [5, 5.41) is 0. The maximum Gasteiger partial charge on any atom is 0.0205 e. The Kier molecular flexibility index (Phi) is 3.00. The molecule has 0 N–H and O–H groups in total. The Labute approximate surface area is 70.4 Å². The molecule has 0 spiro atoms. The summed E-state index contributed by atoms with van der Waals surface area (Å²) in [6, 6.07) is 0. The Morgan fingerprint density at radius 2 is 1.82 bits per heavy atom. The van der Waals surface area contributed by atoms with Gasteiger partial charge >= 0.3 is 0 Å². The minimum Gasteiger partial charge on any atom is -0.106 e. The van der Waals surface area contributed by atoms with E-state index in [0.717, 1.165) is 11.8 Å².